The van der Waals surface area contributed by atoms with E-state index in [1.165, 1.54) is 4.90 Å². The Morgan fingerprint density at radius 3 is 2.32 bits per heavy atom. The Labute approximate surface area is 126 Å². The van der Waals surface area contributed by atoms with Crippen molar-refractivity contribution >= 4 is 27.7 Å². The van der Waals surface area contributed by atoms with Gasteiger partial charge in [-0.2, -0.15) is 0 Å². The summed E-state index contributed by atoms with van der Waals surface area (Å²) in [6, 6.07) is 16.2. The van der Waals surface area contributed by atoms with Gasteiger partial charge in [0.2, 0.25) is 0 Å². The van der Waals surface area contributed by atoms with Gasteiger partial charge in [-0.25, -0.2) is 0 Å². The Morgan fingerprint density at radius 1 is 1.11 bits per heavy atom. The fourth-order valence-electron chi connectivity index (χ4n) is 1.66. The van der Waals surface area contributed by atoms with Crippen molar-refractivity contribution in [3.8, 4) is 5.75 Å². The largest absolute Gasteiger partial charge is 0.497 e. The van der Waals surface area contributed by atoms with Crippen molar-refractivity contribution in [1.29, 1.82) is 0 Å². The van der Waals surface area contributed by atoms with E-state index in [0.717, 1.165) is 21.5 Å². The molecule has 0 spiro atoms. The average Bonchev–Trinajstić information content (AvgIpc) is 2.46. The Morgan fingerprint density at radius 2 is 1.74 bits per heavy atom. The molecule has 0 fully saturated rings. The highest BCUT2D eigenvalue weighted by molar-refractivity contribution is 9.10. The van der Waals surface area contributed by atoms with Gasteiger partial charge < -0.3 is 10.5 Å². The van der Waals surface area contributed by atoms with Crippen LogP contribution in [0.4, 0.5) is 0 Å². The van der Waals surface area contributed by atoms with E-state index >= 15 is 0 Å². The number of nitrogens with two attached hydrogens (primary N) is 1. The summed E-state index contributed by atoms with van der Waals surface area (Å²) in [4.78, 5) is 1.23. The molecule has 1 atom stereocenters. The van der Waals surface area contributed by atoms with Crippen molar-refractivity contribution in [1.82, 2.24) is 0 Å². The van der Waals surface area contributed by atoms with Crippen LogP contribution < -0.4 is 10.5 Å². The van der Waals surface area contributed by atoms with E-state index in [0.29, 0.717) is 0 Å². The lowest BCUT2D eigenvalue weighted by Gasteiger charge is -2.12. The van der Waals surface area contributed by atoms with Crippen LogP contribution >= 0.6 is 27.7 Å². The van der Waals surface area contributed by atoms with Gasteiger partial charge in [0, 0.05) is 21.2 Å². The minimum absolute atomic E-state index is 0.0274. The zero-order valence-corrected chi connectivity index (χ0v) is 13.1. The van der Waals surface area contributed by atoms with Gasteiger partial charge in [0.1, 0.15) is 5.75 Å². The summed E-state index contributed by atoms with van der Waals surface area (Å²) in [5, 5.41) is 0. The lowest BCUT2D eigenvalue weighted by Crippen LogP contribution is -2.12. The Balaban J connectivity index is 1.93. The topological polar surface area (TPSA) is 35.2 Å². The fraction of sp³-hybridized carbons (Fsp3) is 0.200. The van der Waals surface area contributed by atoms with Gasteiger partial charge in [-0.3, -0.25) is 0 Å². The zero-order chi connectivity index (χ0) is 13.7. The maximum absolute atomic E-state index is 6.19. The van der Waals surface area contributed by atoms with Crippen LogP contribution in [-0.4, -0.2) is 12.9 Å². The number of thioether (sulfide) groups is 1. The van der Waals surface area contributed by atoms with Gasteiger partial charge in [-0.1, -0.05) is 28.1 Å². The quantitative estimate of drug-likeness (QED) is 0.828. The van der Waals surface area contributed by atoms with E-state index in [-0.39, 0.29) is 6.04 Å². The van der Waals surface area contributed by atoms with Crippen LogP contribution in [0, 0.1) is 0 Å². The number of hydrogen-bond donors (Lipinski definition) is 1. The molecule has 2 aromatic carbocycles. The smallest absolute Gasteiger partial charge is 0.118 e. The predicted octanol–water partition coefficient (Wildman–Crippen LogP) is 4.25. The summed E-state index contributed by atoms with van der Waals surface area (Å²) in [6.45, 7) is 0. The van der Waals surface area contributed by atoms with Crippen LogP contribution in [0.3, 0.4) is 0 Å². The highest BCUT2D eigenvalue weighted by Crippen LogP contribution is 2.25. The molecule has 2 aromatic rings. The van der Waals surface area contributed by atoms with E-state index < -0.39 is 0 Å². The minimum atomic E-state index is 0.0274. The molecule has 0 heterocycles. The van der Waals surface area contributed by atoms with Gasteiger partial charge in [0.25, 0.3) is 0 Å². The Hall–Kier alpha value is -0.970. The highest BCUT2D eigenvalue weighted by Gasteiger charge is 2.07. The molecule has 2 rings (SSSR count). The lowest BCUT2D eigenvalue weighted by molar-refractivity contribution is 0.414. The molecule has 0 saturated heterocycles. The molecule has 0 saturated carbocycles. The summed E-state index contributed by atoms with van der Waals surface area (Å²) in [7, 11) is 1.67. The third kappa shape index (κ3) is 4.27. The van der Waals surface area contributed by atoms with E-state index in [9.17, 15) is 0 Å². The second-order valence-corrected chi connectivity index (χ2v) is 6.15. The van der Waals surface area contributed by atoms with Gasteiger partial charge in [-0.05, 0) is 42.0 Å². The first-order valence-electron chi connectivity index (χ1n) is 5.97. The van der Waals surface area contributed by atoms with Crippen LogP contribution in [0.1, 0.15) is 11.6 Å². The Kier molecular flexibility index (Phi) is 5.31. The normalized spacial score (nSPS) is 12.2. The van der Waals surface area contributed by atoms with E-state index in [1.807, 2.05) is 36.4 Å². The standard InChI is InChI=1S/C15H16BrNOS/c1-18-13-6-2-11(3-7-13)15(17)10-19-14-8-4-12(16)5-9-14/h2-9,15H,10,17H2,1H3. The molecule has 2 N–H and O–H groups in total. The number of halogens is 1. The molecule has 0 radical (unpaired) electrons. The zero-order valence-electron chi connectivity index (χ0n) is 10.7. The number of ether oxygens (including phenoxy) is 1. The molecule has 4 heteroatoms. The van der Waals surface area contributed by atoms with Crippen molar-refractivity contribution in [3.05, 3.63) is 58.6 Å². The molecule has 19 heavy (non-hydrogen) atoms. The molecular weight excluding hydrogens is 322 g/mol. The first-order chi connectivity index (χ1) is 9.19. The van der Waals surface area contributed by atoms with Crippen LogP contribution in [0.25, 0.3) is 0 Å². The highest BCUT2D eigenvalue weighted by atomic mass is 79.9. The maximum atomic E-state index is 6.19. The summed E-state index contributed by atoms with van der Waals surface area (Å²) in [6.07, 6.45) is 0. The summed E-state index contributed by atoms with van der Waals surface area (Å²) >= 11 is 5.19. The monoisotopic (exact) mass is 337 g/mol. The predicted molar refractivity (Wildman–Crippen MR) is 84.8 cm³/mol. The molecule has 1 unspecified atom stereocenters. The third-order valence-electron chi connectivity index (χ3n) is 2.79. The van der Waals surface area contributed by atoms with Crippen LogP contribution in [0.15, 0.2) is 57.9 Å². The van der Waals surface area contributed by atoms with Crippen molar-refractivity contribution in [2.75, 3.05) is 12.9 Å². The van der Waals surface area contributed by atoms with Crippen LogP contribution in [-0.2, 0) is 0 Å². The molecule has 0 amide bonds. The molecule has 0 aliphatic rings. The van der Waals surface area contributed by atoms with E-state index in [1.54, 1.807) is 18.9 Å². The lowest BCUT2D eigenvalue weighted by atomic mass is 10.1. The fourth-order valence-corrected chi connectivity index (χ4v) is 2.82. The Bertz CT molecular complexity index is 513. The van der Waals surface area contributed by atoms with Crippen molar-refractivity contribution in [2.45, 2.75) is 10.9 Å². The molecule has 0 aromatic heterocycles. The second kappa shape index (κ2) is 6.98. The number of methoxy groups -OCH3 is 1. The van der Waals surface area contributed by atoms with Crippen molar-refractivity contribution in [2.24, 2.45) is 5.73 Å². The SMILES string of the molecule is COc1ccc(C(N)CSc2ccc(Br)cc2)cc1. The van der Waals surface area contributed by atoms with Crippen LogP contribution in [0.5, 0.6) is 5.75 Å². The molecule has 0 aliphatic heterocycles. The molecular formula is C15H16BrNOS. The van der Waals surface area contributed by atoms with Gasteiger partial charge in [0.15, 0.2) is 0 Å². The van der Waals surface area contributed by atoms with E-state index in [2.05, 4.69) is 28.1 Å². The molecule has 100 valence electrons. The second-order valence-electron chi connectivity index (χ2n) is 4.14. The van der Waals surface area contributed by atoms with Crippen LogP contribution in [0.2, 0.25) is 0 Å². The minimum Gasteiger partial charge on any atom is -0.497 e. The summed E-state index contributed by atoms with van der Waals surface area (Å²) < 4.78 is 6.23. The van der Waals surface area contributed by atoms with E-state index in [4.69, 9.17) is 10.5 Å². The van der Waals surface area contributed by atoms with Crippen molar-refractivity contribution < 1.29 is 4.74 Å². The molecule has 2 nitrogen and oxygen atoms in total. The van der Waals surface area contributed by atoms with Crippen molar-refractivity contribution in [3.63, 3.8) is 0 Å². The molecule has 0 aliphatic carbocycles. The first-order valence-corrected chi connectivity index (χ1v) is 7.75. The van der Waals surface area contributed by atoms with Gasteiger partial charge >= 0.3 is 0 Å². The molecule has 0 bridgehead atoms. The first kappa shape index (κ1) is 14.4. The average molecular weight is 338 g/mol. The number of benzene rings is 2. The van der Waals surface area contributed by atoms with Gasteiger partial charge in [0.05, 0.1) is 7.11 Å². The number of rotatable bonds is 5. The summed E-state index contributed by atoms with van der Waals surface area (Å²) in [5.74, 6) is 1.71. The third-order valence-corrected chi connectivity index (χ3v) is 4.45. The maximum Gasteiger partial charge on any atom is 0.118 e. The van der Waals surface area contributed by atoms with Gasteiger partial charge in [-0.15, -0.1) is 11.8 Å². The number of hydrogen-bond acceptors (Lipinski definition) is 3. The summed E-state index contributed by atoms with van der Waals surface area (Å²) in [5.41, 5.74) is 7.32.